The second-order valence-electron chi connectivity index (χ2n) is 3.10. The van der Waals surface area contributed by atoms with Gasteiger partial charge in [0.1, 0.15) is 11.9 Å². The van der Waals surface area contributed by atoms with E-state index in [0.29, 0.717) is 29.8 Å². The lowest BCUT2D eigenvalue weighted by Gasteiger charge is -2.08. The van der Waals surface area contributed by atoms with Gasteiger partial charge in [0.25, 0.3) is 0 Å². The minimum Gasteiger partial charge on any atom is -0.480 e. The molecule has 90 valence electrons. The van der Waals surface area contributed by atoms with E-state index in [1.807, 2.05) is 6.92 Å². The molecule has 0 bridgehead atoms. The predicted octanol–water partition coefficient (Wildman–Crippen LogP) is 0.0744. The fraction of sp³-hybridized carbons (Fsp3) is 0.444. The lowest BCUT2D eigenvalue weighted by atomic mass is 10.3. The number of hydrogen-bond acceptors (Lipinski definition) is 7. The van der Waals surface area contributed by atoms with Gasteiger partial charge in [-0.25, -0.2) is 9.97 Å². The van der Waals surface area contributed by atoms with Gasteiger partial charge in [-0.15, -0.1) is 10.2 Å². The van der Waals surface area contributed by atoms with E-state index in [9.17, 15) is 0 Å². The van der Waals surface area contributed by atoms with E-state index in [1.165, 1.54) is 18.2 Å². The van der Waals surface area contributed by atoms with Crippen molar-refractivity contribution in [3.63, 3.8) is 0 Å². The molecule has 0 aliphatic heterocycles. The Morgan fingerprint density at radius 3 is 2.65 bits per heavy atom. The van der Waals surface area contributed by atoms with Crippen molar-refractivity contribution < 1.29 is 9.47 Å². The van der Waals surface area contributed by atoms with Crippen LogP contribution < -0.4 is 9.47 Å². The Balaban J connectivity index is 2.55. The summed E-state index contributed by atoms with van der Waals surface area (Å²) >= 11 is 0. The first-order valence-corrected chi connectivity index (χ1v) is 5.02. The third-order valence-electron chi connectivity index (χ3n) is 1.98. The highest BCUT2D eigenvalue weighted by Crippen LogP contribution is 2.32. The molecule has 0 saturated carbocycles. The zero-order chi connectivity index (χ0) is 12.3. The number of hydrogen-bond donors (Lipinski definition) is 0. The molecule has 0 fully saturated rings. The first-order chi connectivity index (χ1) is 8.26. The molecular weight excluding hydrogens is 224 g/mol. The lowest BCUT2D eigenvalue weighted by Crippen LogP contribution is -2.02. The SMILES string of the molecule is CCOc1ncnc(OC)c1-c1nnn(C)n1. The van der Waals surface area contributed by atoms with E-state index in [1.54, 1.807) is 7.05 Å². The molecule has 8 nitrogen and oxygen atoms in total. The summed E-state index contributed by atoms with van der Waals surface area (Å²) in [6, 6.07) is 0. The van der Waals surface area contributed by atoms with Gasteiger partial charge in [-0.05, 0) is 12.1 Å². The van der Waals surface area contributed by atoms with E-state index >= 15 is 0 Å². The van der Waals surface area contributed by atoms with Crippen LogP contribution in [0.5, 0.6) is 11.8 Å². The Morgan fingerprint density at radius 2 is 2.06 bits per heavy atom. The number of methoxy groups -OCH3 is 1. The van der Waals surface area contributed by atoms with Crippen molar-refractivity contribution in [2.45, 2.75) is 6.92 Å². The molecule has 0 aromatic carbocycles. The summed E-state index contributed by atoms with van der Waals surface area (Å²) in [6.07, 6.45) is 1.36. The normalized spacial score (nSPS) is 10.3. The number of ether oxygens (including phenoxy) is 2. The summed E-state index contributed by atoms with van der Waals surface area (Å²) in [7, 11) is 3.19. The number of rotatable bonds is 4. The number of aryl methyl sites for hydroxylation is 1. The highest BCUT2D eigenvalue weighted by molar-refractivity contribution is 5.66. The molecule has 0 unspecified atom stereocenters. The Kier molecular flexibility index (Phi) is 3.12. The smallest absolute Gasteiger partial charge is 0.231 e. The van der Waals surface area contributed by atoms with Gasteiger partial charge in [-0.1, -0.05) is 0 Å². The number of tetrazole rings is 1. The Hall–Kier alpha value is -2.25. The monoisotopic (exact) mass is 236 g/mol. The van der Waals surface area contributed by atoms with Gasteiger partial charge in [0.2, 0.25) is 17.6 Å². The number of nitrogens with zero attached hydrogens (tertiary/aromatic N) is 6. The molecule has 0 radical (unpaired) electrons. The van der Waals surface area contributed by atoms with E-state index in [4.69, 9.17) is 9.47 Å². The van der Waals surface area contributed by atoms with Gasteiger partial charge >= 0.3 is 0 Å². The first-order valence-electron chi connectivity index (χ1n) is 5.02. The molecule has 2 heterocycles. The fourth-order valence-corrected chi connectivity index (χ4v) is 1.33. The Bertz CT molecular complexity index is 512. The average Bonchev–Trinajstić information content (AvgIpc) is 2.75. The van der Waals surface area contributed by atoms with E-state index < -0.39 is 0 Å². The van der Waals surface area contributed by atoms with Crippen LogP contribution in [0.1, 0.15) is 6.92 Å². The third kappa shape index (κ3) is 2.14. The third-order valence-corrected chi connectivity index (χ3v) is 1.98. The lowest BCUT2D eigenvalue weighted by molar-refractivity contribution is 0.321. The summed E-state index contributed by atoms with van der Waals surface area (Å²) in [5.74, 6) is 1.11. The molecule has 2 aromatic rings. The van der Waals surface area contributed by atoms with Crippen LogP contribution in [0.15, 0.2) is 6.33 Å². The average molecular weight is 236 g/mol. The highest BCUT2D eigenvalue weighted by Gasteiger charge is 2.19. The molecule has 0 spiro atoms. The van der Waals surface area contributed by atoms with Gasteiger partial charge in [-0.3, -0.25) is 0 Å². The first kappa shape index (κ1) is 11.2. The molecule has 8 heteroatoms. The van der Waals surface area contributed by atoms with Crippen LogP contribution in [0.25, 0.3) is 11.4 Å². The van der Waals surface area contributed by atoms with Crippen LogP contribution >= 0.6 is 0 Å². The van der Waals surface area contributed by atoms with Crippen LogP contribution in [0.4, 0.5) is 0 Å². The van der Waals surface area contributed by atoms with Gasteiger partial charge < -0.3 is 9.47 Å². The van der Waals surface area contributed by atoms with Gasteiger partial charge in [0.15, 0.2) is 0 Å². The maximum Gasteiger partial charge on any atom is 0.231 e. The summed E-state index contributed by atoms with van der Waals surface area (Å²) < 4.78 is 10.5. The Morgan fingerprint density at radius 1 is 1.29 bits per heavy atom. The van der Waals surface area contributed by atoms with E-state index in [-0.39, 0.29) is 0 Å². The van der Waals surface area contributed by atoms with Crippen molar-refractivity contribution in [2.75, 3.05) is 13.7 Å². The Labute approximate surface area is 97.6 Å². The van der Waals surface area contributed by atoms with E-state index in [0.717, 1.165) is 0 Å². The molecule has 0 atom stereocenters. The van der Waals surface area contributed by atoms with Crippen LogP contribution in [0, 0.1) is 0 Å². The summed E-state index contributed by atoms with van der Waals surface area (Å²) in [6.45, 7) is 2.34. The molecule has 17 heavy (non-hydrogen) atoms. The van der Waals surface area contributed by atoms with Crippen LogP contribution in [-0.4, -0.2) is 43.9 Å². The van der Waals surface area contributed by atoms with Crippen LogP contribution in [0.2, 0.25) is 0 Å². The molecule has 0 aliphatic rings. The zero-order valence-corrected chi connectivity index (χ0v) is 9.78. The topological polar surface area (TPSA) is 87.8 Å². The molecule has 2 rings (SSSR count). The largest absolute Gasteiger partial charge is 0.480 e. The fourth-order valence-electron chi connectivity index (χ4n) is 1.33. The van der Waals surface area contributed by atoms with Gasteiger partial charge in [-0.2, -0.15) is 4.80 Å². The summed E-state index contributed by atoms with van der Waals surface area (Å²) in [5, 5.41) is 11.7. The summed E-state index contributed by atoms with van der Waals surface area (Å²) in [4.78, 5) is 9.37. The van der Waals surface area contributed by atoms with Crippen molar-refractivity contribution in [2.24, 2.45) is 7.05 Å². The molecule has 0 amide bonds. The predicted molar refractivity (Wildman–Crippen MR) is 57.5 cm³/mol. The van der Waals surface area contributed by atoms with Crippen molar-refractivity contribution in [1.29, 1.82) is 0 Å². The van der Waals surface area contributed by atoms with Crippen LogP contribution in [-0.2, 0) is 7.05 Å². The van der Waals surface area contributed by atoms with E-state index in [2.05, 4.69) is 25.4 Å². The maximum absolute atomic E-state index is 5.40. The standard InChI is InChI=1S/C9H12N6O2/c1-4-17-9-6(7-12-14-15(2)13-7)8(16-3)10-5-11-9/h5H,4H2,1-3H3. The van der Waals surface area contributed by atoms with Crippen molar-refractivity contribution in [3.8, 4) is 23.1 Å². The van der Waals surface area contributed by atoms with Gasteiger partial charge in [0.05, 0.1) is 20.8 Å². The minimum atomic E-state index is 0.358. The highest BCUT2D eigenvalue weighted by atomic mass is 16.5. The van der Waals surface area contributed by atoms with Crippen molar-refractivity contribution >= 4 is 0 Å². The zero-order valence-electron chi connectivity index (χ0n) is 9.78. The minimum absolute atomic E-state index is 0.358. The molecule has 0 aliphatic carbocycles. The maximum atomic E-state index is 5.40. The second-order valence-corrected chi connectivity index (χ2v) is 3.10. The summed E-state index contributed by atoms with van der Waals surface area (Å²) in [5.41, 5.74) is 0.505. The second kappa shape index (κ2) is 4.73. The van der Waals surface area contributed by atoms with Crippen LogP contribution in [0.3, 0.4) is 0 Å². The molecule has 0 saturated heterocycles. The quantitative estimate of drug-likeness (QED) is 0.742. The molecule has 0 N–H and O–H groups in total. The van der Waals surface area contributed by atoms with Crippen molar-refractivity contribution in [3.05, 3.63) is 6.33 Å². The number of aromatic nitrogens is 6. The molecule has 2 aromatic heterocycles. The van der Waals surface area contributed by atoms with Gasteiger partial charge in [0, 0.05) is 0 Å². The van der Waals surface area contributed by atoms with Crippen molar-refractivity contribution in [1.82, 2.24) is 30.2 Å². The molecular formula is C9H12N6O2.